The number of hydrogen-bond acceptors (Lipinski definition) is 6. The van der Waals surface area contributed by atoms with Gasteiger partial charge in [-0.1, -0.05) is 19.1 Å². The second-order valence-electron chi connectivity index (χ2n) is 6.03. The summed E-state index contributed by atoms with van der Waals surface area (Å²) in [7, 11) is 0. The van der Waals surface area contributed by atoms with Crippen LogP contribution in [0.25, 0.3) is 0 Å². The van der Waals surface area contributed by atoms with Gasteiger partial charge in [-0.3, -0.25) is 14.4 Å². The zero-order valence-electron chi connectivity index (χ0n) is 15.5. The molecule has 2 amide bonds. The first kappa shape index (κ1) is 23.1. The average molecular weight is 395 g/mol. The van der Waals surface area contributed by atoms with Crippen LogP contribution in [0, 0.1) is 0 Å². The average Bonchev–Trinajstić information content (AvgIpc) is 2.61. The van der Waals surface area contributed by atoms with Crippen molar-refractivity contribution in [2.75, 3.05) is 11.9 Å². The van der Waals surface area contributed by atoms with E-state index in [1.807, 2.05) is 0 Å². The quantitative estimate of drug-likeness (QED) is 0.337. The van der Waals surface area contributed by atoms with Crippen molar-refractivity contribution in [3.05, 3.63) is 29.8 Å². The van der Waals surface area contributed by atoms with Crippen molar-refractivity contribution in [3.8, 4) is 0 Å². The number of rotatable bonds is 12. The lowest BCUT2D eigenvalue weighted by Gasteiger charge is -2.19. The number of carbonyl (C=O) groups is 4. The maximum Gasteiger partial charge on any atom is 0.334 e. The molecule has 28 heavy (non-hydrogen) atoms. The largest absolute Gasteiger partial charge is 0.481 e. The fourth-order valence-corrected chi connectivity index (χ4v) is 2.28. The summed E-state index contributed by atoms with van der Waals surface area (Å²) in [5, 5.41) is 23.2. The van der Waals surface area contributed by atoms with Crippen molar-refractivity contribution in [2.45, 2.75) is 44.9 Å². The number of nitrogens with one attached hydrogen (secondary N) is 2. The number of amides is 2. The Kier molecular flexibility index (Phi) is 9.61. The van der Waals surface area contributed by atoms with Gasteiger partial charge >= 0.3 is 11.9 Å². The Labute approximate surface area is 162 Å². The van der Waals surface area contributed by atoms with Crippen molar-refractivity contribution in [1.29, 1.82) is 0 Å². The number of carbonyl (C=O) groups excluding carboxylic acids is 2. The molecule has 2 atom stereocenters. The Balaban J connectivity index is 2.59. The second-order valence-corrected chi connectivity index (χ2v) is 6.03. The number of ether oxygens (including phenoxy) is 1. The van der Waals surface area contributed by atoms with E-state index in [1.165, 1.54) is 0 Å². The van der Waals surface area contributed by atoms with Gasteiger partial charge in [0.05, 0.1) is 19.1 Å². The van der Waals surface area contributed by atoms with E-state index in [9.17, 15) is 19.2 Å². The van der Waals surface area contributed by atoms with Crippen LogP contribution < -0.4 is 16.4 Å². The number of anilines is 1. The van der Waals surface area contributed by atoms with Crippen LogP contribution in [-0.2, 0) is 30.5 Å². The van der Waals surface area contributed by atoms with Gasteiger partial charge in [0.1, 0.15) is 0 Å². The Morgan fingerprint density at radius 2 is 1.89 bits per heavy atom. The minimum absolute atomic E-state index is 0.109. The van der Waals surface area contributed by atoms with Crippen LogP contribution in [0.3, 0.4) is 0 Å². The molecule has 0 unspecified atom stereocenters. The van der Waals surface area contributed by atoms with E-state index in [1.54, 1.807) is 31.2 Å². The van der Waals surface area contributed by atoms with Crippen molar-refractivity contribution in [2.24, 2.45) is 5.73 Å². The maximum absolute atomic E-state index is 11.9. The van der Waals surface area contributed by atoms with Crippen LogP contribution in [0.2, 0.25) is 0 Å². The van der Waals surface area contributed by atoms with Crippen molar-refractivity contribution >= 4 is 29.4 Å². The first-order chi connectivity index (χ1) is 13.2. The molecule has 10 nitrogen and oxygen atoms in total. The SMILES string of the molecule is CCC(=O)NCCC(=O)Nc1cccc(CO[C@H](C(=O)O)[C@H](N)CC(=O)O)c1. The summed E-state index contributed by atoms with van der Waals surface area (Å²) in [6, 6.07) is 5.37. The van der Waals surface area contributed by atoms with Crippen LogP contribution >= 0.6 is 0 Å². The Morgan fingerprint density at radius 3 is 2.50 bits per heavy atom. The zero-order chi connectivity index (χ0) is 21.1. The van der Waals surface area contributed by atoms with E-state index in [0.717, 1.165) is 0 Å². The van der Waals surface area contributed by atoms with Gasteiger partial charge in [0.15, 0.2) is 6.10 Å². The monoisotopic (exact) mass is 395 g/mol. The Hall–Kier alpha value is -2.98. The number of benzene rings is 1. The van der Waals surface area contributed by atoms with E-state index in [0.29, 0.717) is 17.7 Å². The molecule has 0 fully saturated rings. The van der Waals surface area contributed by atoms with Gasteiger partial charge in [-0.05, 0) is 17.7 Å². The molecule has 10 heteroatoms. The molecule has 0 radical (unpaired) electrons. The summed E-state index contributed by atoms with van der Waals surface area (Å²) in [6.07, 6.45) is -1.56. The Morgan fingerprint density at radius 1 is 1.18 bits per heavy atom. The van der Waals surface area contributed by atoms with Gasteiger partial charge in [-0.15, -0.1) is 0 Å². The highest BCUT2D eigenvalue weighted by atomic mass is 16.5. The van der Waals surface area contributed by atoms with Crippen LogP contribution in [0.4, 0.5) is 5.69 Å². The van der Waals surface area contributed by atoms with Gasteiger partial charge < -0.3 is 31.3 Å². The third-order valence-electron chi connectivity index (χ3n) is 3.68. The highest BCUT2D eigenvalue weighted by molar-refractivity contribution is 5.91. The minimum Gasteiger partial charge on any atom is -0.481 e. The van der Waals surface area contributed by atoms with Crippen LogP contribution in [-0.4, -0.2) is 52.7 Å². The number of carboxylic acids is 2. The van der Waals surface area contributed by atoms with Gasteiger partial charge in [0, 0.05) is 25.1 Å². The molecule has 6 N–H and O–H groups in total. The molecule has 0 saturated carbocycles. The molecule has 0 aliphatic rings. The lowest BCUT2D eigenvalue weighted by Crippen LogP contribution is -2.43. The molecular formula is C18H25N3O7. The van der Waals surface area contributed by atoms with Crippen molar-refractivity contribution in [3.63, 3.8) is 0 Å². The molecule has 1 rings (SSSR count). The zero-order valence-corrected chi connectivity index (χ0v) is 15.5. The fraction of sp³-hybridized carbons (Fsp3) is 0.444. The van der Waals surface area contributed by atoms with Crippen LogP contribution in [0.1, 0.15) is 31.7 Å². The van der Waals surface area contributed by atoms with E-state index < -0.39 is 30.5 Å². The summed E-state index contributed by atoms with van der Waals surface area (Å²) in [6.45, 7) is 1.82. The summed E-state index contributed by atoms with van der Waals surface area (Å²) in [4.78, 5) is 45.0. The lowest BCUT2D eigenvalue weighted by molar-refractivity contribution is -0.154. The van der Waals surface area contributed by atoms with Gasteiger partial charge in [-0.2, -0.15) is 0 Å². The summed E-state index contributed by atoms with van der Waals surface area (Å²) in [5.41, 5.74) is 6.64. The predicted molar refractivity (Wildman–Crippen MR) is 99.4 cm³/mol. The molecule has 1 aromatic rings. The summed E-state index contributed by atoms with van der Waals surface area (Å²) >= 11 is 0. The molecule has 0 spiro atoms. The predicted octanol–water partition coefficient (Wildman–Crippen LogP) is 0.313. The van der Waals surface area contributed by atoms with Gasteiger partial charge in [-0.25, -0.2) is 4.79 Å². The summed E-state index contributed by atoms with van der Waals surface area (Å²) in [5.74, 6) is -3.00. The van der Waals surface area contributed by atoms with E-state index in [-0.39, 0.29) is 31.4 Å². The smallest absolute Gasteiger partial charge is 0.334 e. The normalized spacial score (nSPS) is 12.6. The maximum atomic E-state index is 11.9. The topological polar surface area (TPSA) is 168 Å². The number of carboxylic acid groups (broad SMARTS) is 2. The van der Waals surface area contributed by atoms with E-state index >= 15 is 0 Å². The third-order valence-corrected chi connectivity index (χ3v) is 3.68. The standard InChI is InChI=1S/C18H25N3O7/c1-2-14(22)20-7-6-15(23)21-12-5-3-4-11(8-12)10-28-17(18(26)27)13(19)9-16(24)25/h3-5,8,13,17H,2,6-7,9-10,19H2,1H3,(H,20,22)(H,21,23)(H,24,25)(H,26,27)/t13-,17+/m1/s1. The molecule has 0 bridgehead atoms. The molecule has 1 aromatic carbocycles. The van der Waals surface area contributed by atoms with E-state index in [4.69, 9.17) is 20.7 Å². The molecule has 0 aromatic heterocycles. The first-order valence-corrected chi connectivity index (χ1v) is 8.70. The lowest BCUT2D eigenvalue weighted by atomic mass is 10.1. The van der Waals surface area contributed by atoms with Crippen molar-refractivity contribution in [1.82, 2.24) is 5.32 Å². The van der Waals surface area contributed by atoms with E-state index in [2.05, 4.69) is 10.6 Å². The third kappa shape index (κ3) is 8.60. The van der Waals surface area contributed by atoms with Crippen LogP contribution in [0.5, 0.6) is 0 Å². The molecule has 0 heterocycles. The number of aliphatic carboxylic acids is 2. The molecule has 154 valence electrons. The van der Waals surface area contributed by atoms with Gasteiger partial charge in [0.25, 0.3) is 0 Å². The van der Waals surface area contributed by atoms with Gasteiger partial charge in [0.2, 0.25) is 11.8 Å². The molecule has 0 saturated heterocycles. The van der Waals surface area contributed by atoms with Crippen LogP contribution in [0.15, 0.2) is 24.3 Å². The molecule has 0 aliphatic heterocycles. The molecular weight excluding hydrogens is 370 g/mol. The fourth-order valence-electron chi connectivity index (χ4n) is 2.28. The highest BCUT2D eigenvalue weighted by Gasteiger charge is 2.28. The number of hydrogen-bond donors (Lipinski definition) is 5. The number of nitrogens with two attached hydrogens (primary N) is 1. The van der Waals surface area contributed by atoms with Crippen molar-refractivity contribution < 1.29 is 34.1 Å². The first-order valence-electron chi connectivity index (χ1n) is 8.70. The summed E-state index contributed by atoms with van der Waals surface area (Å²) < 4.78 is 5.27. The highest BCUT2D eigenvalue weighted by Crippen LogP contribution is 2.14. The second kappa shape index (κ2) is 11.7. The molecule has 0 aliphatic carbocycles. The minimum atomic E-state index is -1.48. The Bertz CT molecular complexity index is 708.